The molecular formula is C15H30N2O. The van der Waals surface area contributed by atoms with E-state index in [1.807, 2.05) is 11.9 Å². The first-order valence-electron chi connectivity index (χ1n) is 7.34. The Hall–Kier alpha value is -0.570. The van der Waals surface area contributed by atoms with E-state index in [0.29, 0.717) is 12.6 Å². The number of hydrogen-bond acceptors (Lipinski definition) is 2. The van der Waals surface area contributed by atoms with Gasteiger partial charge >= 0.3 is 0 Å². The summed E-state index contributed by atoms with van der Waals surface area (Å²) in [5, 5.41) is 3.27. The Morgan fingerprint density at radius 1 is 1.22 bits per heavy atom. The molecular weight excluding hydrogens is 224 g/mol. The third kappa shape index (κ3) is 4.97. The van der Waals surface area contributed by atoms with Gasteiger partial charge in [0, 0.05) is 18.6 Å². The minimum atomic E-state index is 0.0103. The molecule has 1 aliphatic rings. The van der Waals surface area contributed by atoms with Crippen LogP contribution in [-0.2, 0) is 4.79 Å². The highest BCUT2D eigenvalue weighted by Gasteiger charge is 2.26. The topological polar surface area (TPSA) is 32.3 Å². The zero-order valence-electron chi connectivity index (χ0n) is 12.8. The second kappa shape index (κ2) is 6.55. The van der Waals surface area contributed by atoms with Crippen LogP contribution in [-0.4, -0.2) is 36.0 Å². The number of likely N-dealkylation sites (N-methyl/N-ethyl adjacent to an activating group) is 1. The van der Waals surface area contributed by atoms with Crippen LogP contribution < -0.4 is 5.32 Å². The summed E-state index contributed by atoms with van der Waals surface area (Å²) in [4.78, 5) is 14.1. The van der Waals surface area contributed by atoms with Gasteiger partial charge in [-0.15, -0.1) is 0 Å². The van der Waals surface area contributed by atoms with Crippen molar-refractivity contribution in [1.82, 2.24) is 10.2 Å². The van der Waals surface area contributed by atoms with E-state index in [2.05, 4.69) is 33.0 Å². The zero-order chi connectivity index (χ0) is 13.8. The largest absolute Gasteiger partial charge is 0.342 e. The summed E-state index contributed by atoms with van der Waals surface area (Å²) in [5.74, 6) is 1.11. The zero-order valence-corrected chi connectivity index (χ0v) is 12.8. The second-order valence-electron chi connectivity index (χ2n) is 6.69. The van der Waals surface area contributed by atoms with Gasteiger partial charge in [-0.3, -0.25) is 4.79 Å². The van der Waals surface area contributed by atoms with Crippen LogP contribution in [0, 0.1) is 5.92 Å². The fourth-order valence-corrected chi connectivity index (χ4v) is 2.61. The number of nitrogens with zero attached hydrogens (tertiary/aromatic N) is 1. The molecule has 0 aliphatic heterocycles. The van der Waals surface area contributed by atoms with E-state index in [1.165, 1.54) is 32.1 Å². The second-order valence-corrected chi connectivity index (χ2v) is 6.69. The number of nitrogens with one attached hydrogen (secondary N) is 1. The summed E-state index contributed by atoms with van der Waals surface area (Å²) >= 11 is 0. The summed E-state index contributed by atoms with van der Waals surface area (Å²) in [6, 6.07) is 0.460. The molecule has 0 spiro atoms. The smallest absolute Gasteiger partial charge is 0.236 e. The maximum Gasteiger partial charge on any atom is 0.236 e. The van der Waals surface area contributed by atoms with Crippen LogP contribution in [0.4, 0.5) is 0 Å². The fraction of sp³-hybridized carbons (Fsp3) is 0.933. The lowest BCUT2D eigenvalue weighted by atomic mass is 9.84. The monoisotopic (exact) mass is 254 g/mol. The highest BCUT2D eigenvalue weighted by Crippen LogP contribution is 2.28. The average Bonchev–Trinajstić information content (AvgIpc) is 2.34. The number of amides is 1. The molecule has 1 N–H and O–H groups in total. The van der Waals surface area contributed by atoms with Gasteiger partial charge < -0.3 is 10.2 Å². The van der Waals surface area contributed by atoms with Crippen molar-refractivity contribution >= 4 is 5.91 Å². The van der Waals surface area contributed by atoms with Gasteiger partial charge in [-0.05, 0) is 52.4 Å². The Balaban J connectivity index is 2.35. The predicted octanol–water partition coefficient (Wildman–Crippen LogP) is 2.80. The lowest BCUT2D eigenvalue weighted by Gasteiger charge is -2.35. The van der Waals surface area contributed by atoms with Gasteiger partial charge in [0.25, 0.3) is 0 Å². The molecule has 0 radical (unpaired) electrons. The quantitative estimate of drug-likeness (QED) is 0.836. The Kier molecular flexibility index (Phi) is 5.64. The predicted molar refractivity (Wildman–Crippen MR) is 76.6 cm³/mol. The molecule has 0 unspecified atom stereocenters. The van der Waals surface area contributed by atoms with Gasteiger partial charge in [-0.1, -0.05) is 13.3 Å². The molecule has 0 aromatic rings. The molecule has 1 rings (SSSR count). The van der Waals surface area contributed by atoms with Crippen molar-refractivity contribution in [2.45, 2.75) is 71.4 Å². The maximum absolute atomic E-state index is 12.1. The highest BCUT2D eigenvalue weighted by molar-refractivity contribution is 5.78. The Morgan fingerprint density at radius 2 is 1.78 bits per heavy atom. The first kappa shape index (κ1) is 15.5. The molecule has 18 heavy (non-hydrogen) atoms. The Labute approximate surface area is 112 Å². The van der Waals surface area contributed by atoms with Crippen molar-refractivity contribution < 1.29 is 4.79 Å². The molecule has 0 saturated heterocycles. The van der Waals surface area contributed by atoms with E-state index < -0.39 is 0 Å². The number of carbonyl (C=O) groups is 1. The molecule has 0 heterocycles. The Morgan fingerprint density at radius 3 is 2.22 bits per heavy atom. The van der Waals surface area contributed by atoms with E-state index in [0.717, 1.165) is 5.92 Å². The molecule has 1 amide bonds. The molecule has 3 nitrogen and oxygen atoms in total. The van der Waals surface area contributed by atoms with Gasteiger partial charge in [-0.2, -0.15) is 0 Å². The normalized spacial score (nSPS) is 24.9. The van der Waals surface area contributed by atoms with E-state index in [4.69, 9.17) is 0 Å². The summed E-state index contributed by atoms with van der Waals surface area (Å²) in [6.07, 6.45) is 6.21. The third-order valence-corrected chi connectivity index (χ3v) is 4.10. The van der Waals surface area contributed by atoms with E-state index in [-0.39, 0.29) is 11.4 Å². The number of carbonyl (C=O) groups excluding carboxylic acids is 1. The highest BCUT2D eigenvalue weighted by atomic mass is 16.2. The van der Waals surface area contributed by atoms with Crippen molar-refractivity contribution in [2.75, 3.05) is 13.6 Å². The summed E-state index contributed by atoms with van der Waals surface area (Å²) < 4.78 is 0. The molecule has 3 heteroatoms. The van der Waals surface area contributed by atoms with Crippen molar-refractivity contribution in [2.24, 2.45) is 5.92 Å². The lowest BCUT2D eigenvalue weighted by molar-refractivity contribution is -0.132. The molecule has 0 atom stereocenters. The van der Waals surface area contributed by atoms with Crippen LogP contribution >= 0.6 is 0 Å². The molecule has 0 bridgehead atoms. The molecule has 1 fully saturated rings. The van der Waals surface area contributed by atoms with Gasteiger partial charge in [0.05, 0.1) is 6.54 Å². The molecule has 1 aliphatic carbocycles. The first-order valence-corrected chi connectivity index (χ1v) is 7.34. The van der Waals surface area contributed by atoms with E-state index >= 15 is 0 Å². The third-order valence-electron chi connectivity index (χ3n) is 4.10. The standard InChI is InChI=1S/C15H30N2O/c1-6-12-7-9-13(10-8-12)17(5)14(18)11-16-15(2,3)4/h12-13,16H,6-11H2,1-5H3. The van der Waals surface area contributed by atoms with Crippen LogP contribution in [0.15, 0.2) is 0 Å². The fourth-order valence-electron chi connectivity index (χ4n) is 2.61. The minimum Gasteiger partial charge on any atom is -0.342 e. The first-order chi connectivity index (χ1) is 8.33. The molecule has 0 aromatic heterocycles. The van der Waals surface area contributed by atoms with Crippen LogP contribution in [0.3, 0.4) is 0 Å². The lowest BCUT2D eigenvalue weighted by Crippen LogP contribution is -2.47. The molecule has 1 saturated carbocycles. The Bertz CT molecular complexity index is 262. The summed E-state index contributed by atoms with van der Waals surface area (Å²) in [5.41, 5.74) is 0.0103. The van der Waals surface area contributed by atoms with Crippen LogP contribution in [0.5, 0.6) is 0 Å². The molecule has 106 valence electrons. The van der Waals surface area contributed by atoms with Crippen LogP contribution in [0.2, 0.25) is 0 Å². The van der Waals surface area contributed by atoms with Crippen molar-refractivity contribution in [3.05, 3.63) is 0 Å². The minimum absolute atomic E-state index is 0.0103. The van der Waals surface area contributed by atoms with Crippen LogP contribution in [0.1, 0.15) is 59.8 Å². The summed E-state index contributed by atoms with van der Waals surface area (Å²) in [6.45, 7) is 8.99. The van der Waals surface area contributed by atoms with Gasteiger partial charge in [-0.25, -0.2) is 0 Å². The number of hydrogen-bond donors (Lipinski definition) is 1. The van der Waals surface area contributed by atoms with Gasteiger partial charge in [0.15, 0.2) is 0 Å². The van der Waals surface area contributed by atoms with Crippen molar-refractivity contribution in [3.63, 3.8) is 0 Å². The van der Waals surface area contributed by atoms with Gasteiger partial charge in [0.1, 0.15) is 0 Å². The average molecular weight is 254 g/mol. The van der Waals surface area contributed by atoms with E-state index in [1.54, 1.807) is 0 Å². The summed E-state index contributed by atoms with van der Waals surface area (Å²) in [7, 11) is 1.96. The SMILES string of the molecule is CCC1CCC(N(C)C(=O)CNC(C)(C)C)CC1. The molecule has 0 aromatic carbocycles. The van der Waals surface area contributed by atoms with Crippen molar-refractivity contribution in [3.8, 4) is 0 Å². The van der Waals surface area contributed by atoms with Crippen molar-refractivity contribution in [1.29, 1.82) is 0 Å². The van der Waals surface area contributed by atoms with Crippen LogP contribution in [0.25, 0.3) is 0 Å². The number of rotatable bonds is 4. The maximum atomic E-state index is 12.1. The van der Waals surface area contributed by atoms with Gasteiger partial charge in [0.2, 0.25) is 5.91 Å². The van der Waals surface area contributed by atoms with E-state index in [9.17, 15) is 4.79 Å².